The Balaban J connectivity index is 3.16. The van der Waals surface area contributed by atoms with E-state index in [4.69, 9.17) is 27.8 Å². The van der Waals surface area contributed by atoms with Crippen LogP contribution in [0, 0.1) is 5.82 Å². The van der Waals surface area contributed by atoms with E-state index < -0.39 is 30.2 Å². The molecule has 1 aromatic rings. The Morgan fingerprint density at radius 3 is 2.32 bits per heavy atom. The summed E-state index contributed by atoms with van der Waals surface area (Å²) in [6.45, 7) is 1.36. The Morgan fingerprint density at radius 1 is 1.26 bits per heavy atom. The third-order valence-corrected chi connectivity index (χ3v) is 2.59. The van der Waals surface area contributed by atoms with E-state index in [1.54, 1.807) is 0 Å². The lowest BCUT2D eigenvalue weighted by Gasteiger charge is -2.24. The highest BCUT2D eigenvalue weighted by atomic mass is 35.5. The molecule has 1 rings (SSSR count). The first-order valence-electron chi connectivity index (χ1n) is 5.19. The molecule has 6 nitrogen and oxygen atoms in total. The molecule has 0 aliphatic carbocycles. The van der Waals surface area contributed by atoms with Crippen molar-refractivity contribution >= 4 is 23.8 Å². The highest BCUT2D eigenvalue weighted by Gasteiger charge is 2.30. The van der Waals surface area contributed by atoms with Crippen LogP contribution in [0.4, 0.5) is 14.0 Å². The minimum Gasteiger partial charge on any atom is -0.442 e. The van der Waals surface area contributed by atoms with Crippen LogP contribution in [0.5, 0.6) is 0 Å². The second-order valence-corrected chi connectivity index (χ2v) is 4.04. The van der Waals surface area contributed by atoms with Gasteiger partial charge in [-0.05, 0) is 19.1 Å². The molecule has 104 valence electrons. The van der Waals surface area contributed by atoms with Gasteiger partial charge in [-0.15, -0.1) is 0 Å². The van der Waals surface area contributed by atoms with E-state index in [0.29, 0.717) is 0 Å². The third-order valence-electron chi connectivity index (χ3n) is 2.26. The average Bonchev–Trinajstić information content (AvgIpc) is 2.25. The van der Waals surface area contributed by atoms with E-state index in [2.05, 4.69) is 4.74 Å². The number of rotatable bonds is 4. The summed E-state index contributed by atoms with van der Waals surface area (Å²) in [7, 11) is 0. The molecule has 0 radical (unpaired) electrons. The molecule has 0 bridgehead atoms. The number of ether oxygens (including phenoxy) is 2. The van der Waals surface area contributed by atoms with Crippen LogP contribution in [0.1, 0.15) is 18.6 Å². The molecule has 0 spiro atoms. The molecule has 0 saturated heterocycles. The zero-order valence-corrected chi connectivity index (χ0v) is 10.7. The first kappa shape index (κ1) is 15.0. The number of nitrogens with two attached hydrogens (primary N) is 2. The van der Waals surface area contributed by atoms with Gasteiger partial charge in [-0.3, -0.25) is 0 Å². The van der Waals surface area contributed by atoms with Gasteiger partial charge in [0.25, 0.3) is 0 Å². The monoisotopic (exact) mass is 290 g/mol. The second kappa shape index (κ2) is 6.24. The van der Waals surface area contributed by atoms with Gasteiger partial charge in [0, 0.05) is 0 Å². The molecule has 4 N–H and O–H groups in total. The number of primary amides is 2. The van der Waals surface area contributed by atoms with Crippen molar-refractivity contribution in [1.29, 1.82) is 0 Å². The van der Waals surface area contributed by atoms with Crippen LogP contribution in [-0.2, 0) is 9.47 Å². The van der Waals surface area contributed by atoms with Crippen LogP contribution in [0.25, 0.3) is 0 Å². The van der Waals surface area contributed by atoms with Gasteiger partial charge in [0.05, 0.1) is 10.6 Å². The fraction of sp³-hybridized carbons (Fsp3) is 0.273. The molecule has 1 aromatic carbocycles. The molecule has 8 heteroatoms. The number of hydrogen-bond donors (Lipinski definition) is 2. The van der Waals surface area contributed by atoms with Crippen molar-refractivity contribution in [3.63, 3.8) is 0 Å². The smallest absolute Gasteiger partial charge is 0.405 e. The number of amides is 2. The maximum Gasteiger partial charge on any atom is 0.405 e. The molecule has 0 heterocycles. The van der Waals surface area contributed by atoms with Crippen LogP contribution >= 0.6 is 11.6 Å². The summed E-state index contributed by atoms with van der Waals surface area (Å²) in [5, 5.41) is 0.00571. The van der Waals surface area contributed by atoms with Gasteiger partial charge in [0.2, 0.25) is 0 Å². The summed E-state index contributed by atoms with van der Waals surface area (Å²) in [4.78, 5) is 21.6. The first-order chi connectivity index (χ1) is 8.82. The molecule has 0 saturated carbocycles. The van der Waals surface area contributed by atoms with E-state index in [1.165, 1.54) is 19.1 Å². The maximum absolute atomic E-state index is 13.8. The molecule has 0 aromatic heterocycles. The maximum atomic E-state index is 13.8. The largest absolute Gasteiger partial charge is 0.442 e. The molecule has 2 amide bonds. The molecule has 2 unspecified atom stereocenters. The Labute approximate surface area is 113 Å². The average molecular weight is 291 g/mol. The summed E-state index contributed by atoms with van der Waals surface area (Å²) in [6.07, 6.45) is -4.61. The molecule has 0 aliphatic heterocycles. The number of hydrogen-bond acceptors (Lipinski definition) is 4. The van der Waals surface area contributed by atoms with Crippen molar-refractivity contribution in [2.24, 2.45) is 11.5 Å². The van der Waals surface area contributed by atoms with Crippen molar-refractivity contribution < 1.29 is 23.5 Å². The van der Waals surface area contributed by atoms with Gasteiger partial charge < -0.3 is 20.9 Å². The Morgan fingerprint density at radius 2 is 1.84 bits per heavy atom. The predicted octanol–water partition coefficient (Wildman–Crippen LogP) is 2.10. The Kier molecular flexibility index (Phi) is 4.94. The summed E-state index contributed by atoms with van der Waals surface area (Å²) < 4.78 is 23.2. The van der Waals surface area contributed by atoms with Gasteiger partial charge in [0.1, 0.15) is 11.9 Å². The van der Waals surface area contributed by atoms with E-state index in [1.807, 2.05) is 0 Å². The predicted molar refractivity (Wildman–Crippen MR) is 64.9 cm³/mol. The summed E-state index contributed by atoms with van der Waals surface area (Å²) >= 11 is 5.84. The van der Waals surface area contributed by atoms with Crippen LogP contribution in [0.15, 0.2) is 18.2 Å². The summed E-state index contributed by atoms with van der Waals surface area (Å²) in [5.41, 5.74) is 9.62. The lowest BCUT2D eigenvalue weighted by Crippen LogP contribution is -2.31. The van der Waals surface area contributed by atoms with Crippen molar-refractivity contribution in [3.05, 3.63) is 34.6 Å². The van der Waals surface area contributed by atoms with Gasteiger partial charge in [-0.1, -0.05) is 17.7 Å². The Hall–Kier alpha value is -2.02. The molecule has 2 atom stereocenters. The van der Waals surface area contributed by atoms with Gasteiger partial charge >= 0.3 is 12.2 Å². The van der Waals surface area contributed by atoms with Crippen LogP contribution < -0.4 is 11.5 Å². The zero-order valence-electron chi connectivity index (χ0n) is 9.93. The van der Waals surface area contributed by atoms with Gasteiger partial charge in [0.15, 0.2) is 6.10 Å². The fourth-order valence-corrected chi connectivity index (χ4v) is 1.81. The standard InChI is InChI=1S/C11H12ClFN2O4/c1-5(18-10(14)16)9(19-11(15)17)8-6(12)3-2-4-7(8)13/h2-5,9H,1H3,(H2,14,16)(H2,15,17). The molecular weight excluding hydrogens is 279 g/mol. The number of halogens is 2. The highest BCUT2D eigenvalue weighted by Crippen LogP contribution is 2.31. The van der Waals surface area contributed by atoms with E-state index in [-0.39, 0.29) is 10.6 Å². The van der Waals surface area contributed by atoms with Crippen LogP contribution in [0.2, 0.25) is 5.02 Å². The third kappa shape index (κ3) is 3.99. The van der Waals surface area contributed by atoms with Crippen molar-refractivity contribution in [1.82, 2.24) is 0 Å². The minimum atomic E-state index is -1.29. The lowest BCUT2D eigenvalue weighted by molar-refractivity contribution is 0.00259. The quantitative estimate of drug-likeness (QED) is 0.885. The molecular formula is C11H12ClFN2O4. The fourth-order valence-electron chi connectivity index (χ4n) is 1.54. The summed E-state index contributed by atoms with van der Waals surface area (Å²) in [5.74, 6) is -0.723. The van der Waals surface area contributed by atoms with Crippen molar-refractivity contribution in [2.45, 2.75) is 19.1 Å². The summed E-state index contributed by atoms with van der Waals surface area (Å²) in [6, 6.07) is 3.89. The second-order valence-electron chi connectivity index (χ2n) is 3.63. The lowest BCUT2D eigenvalue weighted by atomic mass is 10.0. The van der Waals surface area contributed by atoms with E-state index in [9.17, 15) is 14.0 Å². The van der Waals surface area contributed by atoms with Crippen molar-refractivity contribution in [3.8, 4) is 0 Å². The molecule has 0 fully saturated rings. The zero-order chi connectivity index (χ0) is 14.6. The SMILES string of the molecule is CC(OC(N)=O)C(OC(N)=O)c1c(F)cccc1Cl. The van der Waals surface area contributed by atoms with E-state index >= 15 is 0 Å². The topological polar surface area (TPSA) is 105 Å². The minimum absolute atomic E-state index is 0.00571. The number of carbonyl (C=O) groups excluding carboxylic acids is 2. The molecule has 19 heavy (non-hydrogen) atoms. The number of carbonyl (C=O) groups is 2. The van der Waals surface area contributed by atoms with Gasteiger partial charge in [-0.2, -0.15) is 0 Å². The van der Waals surface area contributed by atoms with Crippen LogP contribution in [-0.4, -0.2) is 18.3 Å². The molecule has 0 aliphatic rings. The Bertz CT molecular complexity index is 477. The van der Waals surface area contributed by atoms with Crippen molar-refractivity contribution in [2.75, 3.05) is 0 Å². The van der Waals surface area contributed by atoms with Crippen LogP contribution in [0.3, 0.4) is 0 Å². The first-order valence-corrected chi connectivity index (χ1v) is 5.56. The highest BCUT2D eigenvalue weighted by molar-refractivity contribution is 6.31. The normalized spacial score (nSPS) is 13.4. The number of benzene rings is 1. The van der Waals surface area contributed by atoms with Gasteiger partial charge in [-0.25, -0.2) is 14.0 Å². The van der Waals surface area contributed by atoms with E-state index in [0.717, 1.165) is 6.07 Å².